The van der Waals surface area contributed by atoms with Crippen LogP contribution in [0.5, 0.6) is 0 Å². The highest BCUT2D eigenvalue weighted by Crippen LogP contribution is 2.25. The average molecular weight is 230 g/mol. The molecule has 1 aromatic heterocycles. The minimum absolute atomic E-state index is 0.203. The van der Waals surface area contributed by atoms with Crippen LogP contribution < -0.4 is 11.1 Å². The van der Waals surface area contributed by atoms with Crippen LogP contribution >= 0.6 is 0 Å². The summed E-state index contributed by atoms with van der Waals surface area (Å²) in [6.45, 7) is 6.06. The molecule has 0 radical (unpaired) electrons. The maximum absolute atomic E-state index is 5.75. The quantitative estimate of drug-likeness (QED) is 0.791. The fourth-order valence-electron chi connectivity index (χ4n) is 2.04. The molecule has 0 aliphatic heterocycles. The first kappa shape index (κ1) is 11.6. The number of hydrogen-bond donors (Lipinski definition) is 2. The molecule has 17 heavy (non-hydrogen) atoms. The Labute approximate surface area is 102 Å². The molecule has 0 bridgehead atoms. The summed E-state index contributed by atoms with van der Waals surface area (Å²) >= 11 is 0. The lowest BCUT2D eigenvalue weighted by Gasteiger charge is -2.14. The number of rotatable bonds is 3. The van der Waals surface area contributed by atoms with Crippen molar-refractivity contribution in [2.45, 2.75) is 26.8 Å². The molecule has 0 spiro atoms. The lowest BCUT2D eigenvalue weighted by molar-refractivity contribution is 0.500. The van der Waals surface area contributed by atoms with E-state index in [-0.39, 0.29) is 6.04 Å². The predicted molar refractivity (Wildman–Crippen MR) is 71.1 cm³/mol. The van der Waals surface area contributed by atoms with E-state index in [1.165, 1.54) is 5.56 Å². The molecule has 0 aliphatic carbocycles. The number of nitrogens with two attached hydrogens (primary N) is 1. The summed E-state index contributed by atoms with van der Waals surface area (Å²) in [6.07, 6.45) is 0. The molecule has 2 aromatic rings. The normalized spacial score (nSPS) is 12.4. The van der Waals surface area contributed by atoms with Gasteiger partial charge in [-0.05, 0) is 45.0 Å². The monoisotopic (exact) mass is 230 g/mol. The van der Waals surface area contributed by atoms with Crippen molar-refractivity contribution in [3.63, 3.8) is 0 Å². The fourth-order valence-corrected chi connectivity index (χ4v) is 2.04. The summed E-state index contributed by atoms with van der Waals surface area (Å²) in [5, 5.41) is 3.41. The molecule has 1 aromatic carbocycles. The summed E-state index contributed by atoms with van der Waals surface area (Å²) in [4.78, 5) is 0. The predicted octanol–water partition coefficient (Wildman–Crippen LogP) is 3.65. The molecule has 1 heterocycles. The zero-order chi connectivity index (χ0) is 12.4. The summed E-state index contributed by atoms with van der Waals surface area (Å²) in [5.74, 6) is 1.91. The largest absolute Gasteiger partial charge is 0.466 e. The number of hydrogen-bond acceptors (Lipinski definition) is 3. The van der Waals surface area contributed by atoms with Crippen molar-refractivity contribution < 1.29 is 4.42 Å². The van der Waals surface area contributed by atoms with Crippen LogP contribution in [0.4, 0.5) is 11.4 Å². The smallest absolute Gasteiger partial charge is 0.106 e. The second-order valence-electron chi connectivity index (χ2n) is 4.36. The Hall–Kier alpha value is -1.90. The van der Waals surface area contributed by atoms with E-state index in [4.69, 9.17) is 10.2 Å². The van der Waals surface area contributed by atoms with Crippen molar-refractivity contribution in [1.29, 1.82) is 0 Å². The zero-order valence-corrected chi connectivity index (χ0v) is 10.4. The molecule has 3 nitrogen and oxygen atoms in total. The Bertz CT molecular complexity index is 517. The van der Waals surface area contributed by atoms with Crippen LogP contribution in [0.15, 0.2) is 34.7 Å². The number of furan rings is 1. The van der Waals surface area contributed by atoms with E-state index in [9.17, 15) is 0 Å². The van der Waals surface area contributed by atoms with Crippen molar-refractivity contribution in [2.24, 2.45) is 0 Å². The second kappa shape index (κ2) is 4.53. The van der Waals surface area contributed by atoms with Crippen molar-refractivity contribution in [3.8, 4) is 0 Å². The Morgan fingerprint density at radius 3 is 2.59 bits per heavy atom. The lowest BCUT2D eigenvalue weighted by Crippen LogP contribution is -2.06. The minimum atomic E-state index is 0.203. The maximum Gasteiger partial charge on any atom is 0.106 e. The SMILES string of the molecule is Cc1cc(C(C)Nc2cccc(N)c2)c(C)o1. The van der Waals surface area contributed by atoms with Crippen molar-refractivity contribution >= 4 is 11.4 Å². The standard InChI is InChI=1S/C14H18N2O/c1-9-7-14(11(3)17-9)10(2)16-13-6-4-5-12(15)8-13/h4-8,10,16H,15H2,1-3H3. The molecule has 3 N–H and O–H groups in total. The first-order chi connectivity index (χ1) is 8.06. The summed E-state index contributed by atoms with van der Waals surface area (Å²) < 4.78 is 5.53. The zero-order valence-electron chi connectivity index (χ0n) is 10.4. The van der Waals surface area contributed by atoms with E-state index in [2.05, 4.69) is 18.3 Å². The van der Waals surface area contributed by atoms with Gasteiger partial charge in [-0.3, -0.25) is 0 Å². The van der Waals surface area contributed by atoms with Gasteiger partial charge in [0.25, 0.3) is 0 Å². The van der Waals surface area contributed by atoms with Crippen LogP contribution in [0.2, 0.25) is 0 Å². The number of benzene rings is 1. The molecule has 0 saturated heterocycles. The Morgan fingerprint density at radius 2 is 2.00 bits per heavy atom. The highest BCUT2D eigenvalue weighted by atomic mass is 16.3. The third kappa shape index (κ3) is 2.61. The van der Waals surface area contributed by atoms with Gasteiger partial charge in [-0.25, -0.2) is 0 Å². The molecule has 1 unspecified atom stereocenters. The van der Waals surface area contributed by atoms with Gasteiger partial charge in [0.05, 0.1) is 6.04 Å². The van der Waals surface area contributed by atoms with Crippen molar-refractivity contribution in [2.75, 3.05) is 11.1 Å². The number of nitrogen functional groups attached to an aromatic ring is 1. The van der Waals surface area contributed by atoms with Gasteiger partial charge in [0, 0.05) is 16.9 Å². The van der Waals surface area contributed by atoms with Crippen molar-refractivity contribution in [3.05, 3.63) is 47.4 Å². The molecule has 0 amide bonds. The van der Waals surface area contributed by atoms with E-state index < -0.39 is 0 Å². The van der Waals surface area contributed by atoms with Gasteiger partial charge < -0.3 is 15.5 Å². The Balaban J connectivity index is 2.16. The van der Waals surface area contributed by atoms with Gasteiger partial charge in [-0.1, -0.05) is 6.07 Å². The molecule has 1 atom stereocenters. The van der Waals surface area contributed by atoms with Crippen LogP contribution in [0.25, 0.3) is 0 Å². The average Bonchev–Trinajstić information content (AvgIpc) is 2.58. The van der Waals surface area contributed by atoms with Crippen LogP contribution in [0.3, 0.4) is 0 Å². The highest BCUT2D eigenvalue weighted by Gasteiger charge is 2.12. The van der Waals surface area contributed by atoms with Gasteiger partial charge in [-0.15, -0.1) is 0 Å². The molecular weight excluding hydrogens is 212 g/mol. The molecule has 3 heteroatoms. The maximum atomic E-state index is 5.75. The molecule has 0 fully saturated rings. The topological polar surface area (TPSA) is 51.2 Å². The molecule has 2 rings (SSSR count). The Morgan fingerprint density at radius 1 is 1.24 bits per heavy atom. The summed E-state index contributed by atoms with van der Waals surface area (Å²) in [6, 6.07) is 10.0. The summed E-state index contributed by atoms with van der Waals surface area (Å²) in [5.41, 5.74) is 8.72. The number of nitrogens with one attached hydrogen (secondary N) is 1. The van der Waals surface area contributed by atoms with Crippen LogP contribution in [0.1, 0.15) is 30.0 Å². The first-order valence-electron chi connectivity index (χ1n) is 5.75. The van der Waals surface area contributed by atoms with Gasteiger partial charge in [0.2, 0.25) is 0 Å². The molecule has 0 aliphatic rings. The fraction of sp³-hybridized carbons (Fsp3) is 0.286. The second-order valence-corrected chi connectivity index (χ2v) is 4.36. The van der Waals surface area contributed by atoms with Gasteiger partial charge >= 0.3 is 0 Å². The molecule has 90 valence electrons. The van der Waals surface area contributed by atoms with Crippen LogP contribution in [-0.2, 0) is 0 Å². The minimum Gasteiger partial charge on any atom is -0.466 e. The van der Waals surface area contributed by atoms with E-state index >= 15 is 0 Å². The third-order valence-corrected chi connectivity index (χ3v) is 2.82. The summed E-state index contributed by atoms with van der Waals surface area (Å²) in [7, 11) is 0. The Kier molecular flexibility index (Phi) is 3.09. The van der Waals surface area contributed by atoms with Gasteiger partial charge in [-0.2, -0.15) is 0 Å². The first-order valence-corrected chi connectivity index (χ1v) is 5.75. The van der Waals surface area contributed by atoms with Crippen molar-refractivity contribution in [1.82, 2.24) is 0 Å². The number of anilines is 2. The van der Waals surface area contributed by atoms with Crippen LogP contribution in [0, 0.1) is 13.8 Å². The highest BCUT2D eigenvalue weighted by molar-refractivity contribution is 5.55. The van der Waals surface area contributed by atoms with Gasteiger partial charge in [0.15, 0.2) is 0 Å². The van der Waals surface area contributed by atoms with E-state index in [1.54, 1.807) is 0 Å². The molecular formula is C14H18N2O. The van der Waals surface area contributed by atoms with Crippen LogP contribution in [-0.4, -0.2) is 0 Å². The lowest BCUT2D eigenvalue weighted by atomic mass is 10.1. The van der Waals surface area contributed by atoms with E-state index in [0.717, 1.165) is 22.9 Å². The number of aryl methyl sites for hydroxylation is 2. The van der Waals surface area contributed by atoms with E-state index in [0.29, 0.717) is 0 Å². The third-order valence-electron chi connectivity index (χ3n) is 2.82. The molecule has 0 saturated carbocycles. The van der Waals surface area contributed by atoms with E-state index in [1.807, 2.05) is 38.1 Å². The van der Waals surface area contributed by atoms with Gasteiger partial charge in [0.1, 0.15) is 11.5 Å².